The van der Waals surface area contributed by atoms with Crippen molar-refractivity contribution in [1.29, 1.82) is 0 Å². The van der Waals surface area contributed by atoms with E-state index in [-0.39, 0.29) is 17.2 Å². The Morgan fingerprint density at radius 1 is 1.29 bits per heavy atom. The number of carbonyl (C=O) groups excluding carboxylic acids is 1. The van der Waals surface area contributed by atoms with Crippen molar-refractivity contribution in [2.45, 2.75) is 58.8 Å². The van der Waals surface area contributed by atoms with Gasteiger partial charge in [-0.05, 0) is 31.1 Å². The average Bonchev–Trinajstić information content (AvgIpc) is 2.35. The molecule has 1 amide bonds. The first-order valence-corrected chi connectivity index (χ1v) is 8.01. The topological polar surface area (TPSA) is 29.1 Å². The second kappa shape index (κ2) is 7.40. The van der Waals surface area contributed by atoms with E-state index in [1.54, 1.807) is 0 Å². The van der Waals surface area contributed by atoms with Gasteiger partial charge in [0.1, 0.15) is 0 Å². The Morgan fingerprint density at radius 3 is 2.53 bits per heavy atom. The van der Waals surface area contributed by atoms with E-state index in [0.29, 0.717) is 0 Å². The molecule has 0 aliphatic heterocycles. The van der Waals surface area contributed by atoms with Gasteiger partial charge in [-0.3, -0.25) is 4.79 Å². The molecular formula is C14H26BrNO. The number of alkyl halides is 1. The molecule has 0 atom stereocenters. The summed E-state index contributed by atoms with van der Waals surface area (Å²) < 4.78 is 0. The normalized spacial score (nSPS) is 18.1. The summed E-state index contributed by atoms with van der Waals surface area (Å²) in [6.07, 6.45) is 8.27. The fraction of sp³-hybridized carbons (Fsp3) is 0.929. The molecule has 1 fully saturated rings. The summed E-state index contributed by atoms with van der Waals surface area (Å²) in [7, 11) is 0. The molecule has 0 heterocycles. The molecule has 1 N–H and O–H groups in total. The Morgan fingerprint density at radius 2 is 1.94 bits per heavy atom. The van der Waals surface area contributed by atoms with Crippen LogP contribution in [0.25, 0.3) is 0 Å². The van der Waals surface area contributed by atoms with Crippen molar-refractivity contribution < 1.29 is 4.79 Å². The molecule has 17 heavy (non-hydrogen) atoms. The number of hydrogen-bond donors (Lipinski definition) is 1. The second-order valence-corrected chi connectivity index (χ2v) is 6.80. The molecule has 1 aliphatic carbocycles. The van der Waals surface area contributed by atoms with E-state index in [2.05, 4.69) is 35.1 Å². The van der Waals surface area contributed by atoms with E-state index in [9.17, 15) is 4.79 Å². The number of halogens is 1. The quantitative estimate of drug-likeness (QED) is 0.741. The SMILES string of the molecule is CC(C)(CCCBr)CNC(=O)C1CCCCC1. The molecule has 1 rings (SSSR count). The van der Waals surface area contributed by atoms with Crippen molar-refractivity contribution in [1.82, 2.24) is 5.32 Å². The van der Waals surface area contributed by atoms with Crippen molar-refractivity contribution in [3.05, 3.63) is 0 Å². The first kappa shape index (κ1) is 15.0. The number of amides is 1. The third-order valence-corrected chi connectivity index (χ3v) is 4.27. The van der Waals surface area contributed by atoms with Crippen molar-refractivity contribution in [3.63, 3.8) is 0 Å². The number of rotatable bonds is 6. The fourth-order valence-electron chi connectivity index (χ4n) is 2.47. The Kier molecular flexibility index (Phi) is 6.53. The lowest BCUT2D eigenvalue weighted by molar-refractivity contribution is -0.126. The standard InChI is InChI=1S/C14H26BrNO/c1-14(2,9-6-10-15)11-16-13(17)12-7-4-3-5-8-12/h12H,3-11H2,1-2H3,(H,16,17). The number of nitrogens with one attached hydrogen (secondary N) is 1. The Bertz CT molecular complexity index is 234. The number of hydrogen-bond acceptors (Lipinski definition) is 1. The van der Waals surface area contributed by atoms with E-state index < -0.39 is 0 Å². The highest BCUT2D eigenvalue weighted by Crippen LogP contribution is 2.25. The highest BCUT2D eigenvalue weighted by atomic mass is 79.9. The van der Waals surface area contributed by atoms with Gasteiger partial charge in [0.2, 0.25) is 5.91 Å². The monoisotopic (exact) mass is 303 g/mol. The van der Waals surface area contributed by atoms with Crippen LogP contribution in [0.5, 0.6) is 0 Å². The zero-order valence-corrected chi connectivity index (χ0v) is 12.8. The van der Waals surface area contributed by atoms with Gasteiger partial charge in [0.25, 0.3) is 0 Å². The van der Waals surface area contributed by atoms with E-state index in [1.165, 1.54) is 25.7 Å². The van der Waals surface area contributed by atoms with Crippen LogP contribution in [0.3, 0.4) is 0 Å². The Labute approximate surface area is 114 Å². The zero-order valence-electron chi connectivity index (χ0n) is 11.2. The summed E-state index contributed by atoms with van der Waals surface area (Å²) in [6, 6.07) is 0. The van der Waals surface area contributed by atoms with Gasteiger partial charge >= 0.3 is 0 Å². The maximum atomic E-state index is 12.0. The van der Waals surface area contributed by atoms with E-state index >= 15 is 0 Å². The molecule has 0 aromatic heterocycles. The van der Waals surface area contributed by atoms with Gasteiger partial charge in [-0.25, -0.2) is 0 Å². The van der Waals surface area contributed by atoms with E-state index in [0.717, 1.165) is 31.1 Å². The lowest BCUT2D eigenvalue weighted by atomic mass is 9.86. The van der Waals surface area contributed by atoms with Crippen LogP contribution in [0, 0.1) is 11.3 Å². The molecule has 100 valence electrons. The minimum absolute atomic E-state index is 0.220. The molecule has 0 saturated heterocycles. The largest absolute Gasteiger partial charge is 0.355 e. The van der Waals surface area contributed by atoms with Crippen LogP contribution in [-0.2, 0) is 4.79 Å². The third kappa shape index (κ3) is 5.89. The lowest BCUT2D eigenvalue weighted by Crippen LogP contribution is -2.38. The molecule has 1 saturated carbocycles. The molecule has 1 aliphatic rings. The zero-order chi connectivity index (χ0) is 12.7. The van der Waals surface area contributed by atoms with Crippen LogP contribution in [0.2, 0.25) is 0 Å². The molecule has 0 radical (unpaired) electrons. The van der Waals surface area contributed by atoms with Crippen molar-refractivity contribution in [3.8, 4) is 0 Å². The van der Waals surface area contributed by atoms with Crippen LogP contribution in [0.1, 0.15) is 58.8 Å². The summed E-state index contributed by atoms with van der Waals surface area (Å²) in [4.78, 5) is 12.0. The number of carbonyl (C=O) groups is 1. The fourth-order valence-corrected chi connectivity index (χ4v) is 2.75. The summed E-state index contributed by atoms with van der Waals surface area (Å²) in [5.41, 5.74) is 0.220. The average molecular weight is 304 g/mol. The predicted octanol–water partition coefficient (Wildman–Crippen LogP) is 3.88. The summed E-state index contributed by atoms with van der Waals surface area (Å²) >= 11 is 3.46. The van der Waals surface area contributed by atoms with Gasteiger partial charge in [0.15, 0.2) is 0 Å². The molecule has 0 aromatic carbocycles. The maximum absolute atomic E-state index is 12.0. The Hall–Kier alpha value is -0.0500. The summed E-state index contributed by atoms with van der Waals surface area (Å²) in [5, 5.41) is 4.20. The van der Waals surface area contributed by atoms with Gasteiger partial charge in [-0.2, -0.15) is 0 Å². The smallest absolute Gasteiger partial charge is 0.223 e. The van der Waals surface area contributed by atoms with Crippen LogP contribution in [0.4, 0.5) is 0 Å². The molecule has 0 bridgehead atoms. The van der Waals surface area contributed by atoms with E-state index in [4.69, 9.17) is 0 Å². The first-order chi connectivity index (χ1) is 8.05. The molecular weight excluding hydrogens is 278 g/mol. The van der Waals surface area contributed by atoms with Crippen LogP contribution in [0.15, 0.2) is 0 Å². The first-order valence-electron chi connectivity index (χ1n) is 6.89. The van der Waals surface area contributed by atoms with Crippen LogP contribution in [-0.4, -0.2) is 17.8 Å². The van der Waals surface area contributed by atoms with Gasteiger partial charge in [-0.15, -0.1) is 0 Å². The van der Waals surface area contributed by atoms with Crippen molar-refractivity contribution in [2.24, 2.45) is 11.3 Å². The summed E-state index contributed by atoms with van der Waals surface area (Å²) in [6.45, 7) is 5.28. The van der Waals surface area contributed by atoms with Crippen molar-refractivity contribution in [2.75, 3.05) is 11.9 Å². The molecule has 3 heteroatoms. The van der Waals surface area contributed by atoms with Crippen LogP contribution < -0.4 is 5.32 Å². The minimum Gasteiger partial charge on any atom is -0.355 e. The van der Waals surface area contributed by atoms with Gasteiger partial charge < -0.3 is 5.32 Å². The van der Waals surface area contributed by atoms with E-state index in [1.807, 2.05) is 0 Å². The van der Waals surface area contributed by atoms with Gasteiger partial charge in [0.05, 0.1) is 0 Å². The van der Waals surface area contributed by atoms with Crippen molar-refractivity contribution >= 4 is 21.8 Å². The lowest BCUT2D eigenvalue weighted by Gasteiger charge is -2.27. The Balaban J connectivity index is 2.26. The maximum Gasteiger partial charge on any atom is 0.223 e. The minimum atomic E-state index is 0.220. The summed E-state index contributed by atoms with van der Waals surface area (Å²) in [5.74, 6) is 0.576. The molecule has 2 nitrogen and oxygen atoms in total. The third-order valence-electron chi connectivity index (χ3n) is 3.70. The van der Waals surface area contributed by atoms with Gasteiger partial charge in [0, 0.05) is 17.8 Å². The molecule has 0 unspecified atom stereocenters. The second-order valence-electron chi connectivity index (χ2n) is 6.01. The molecule has 0 spiro atoms. The highest BCUT2D eigenvalue weighted by Gasteiger charge is 2.23. The van der Waals surface area contributed by atoms with Crippen LogP contribution >= 0.6 is 15.9 Å². The molecule has 0 aromatic rings. The van der Waals surface area contributed by atoms with Gasteiger partial charge in [-0.1, -0.05) is 49.0 Å². The highest BCUT2D eigenvalue weighted by molar-refractivity contribution is 9.09. The predicted molar refractivity (Wildman–Crippen MR) is 76.4 cm³/mol.